The maximum absolute atomic E-state index is 12.3. The summed E-state index contributed by atoms with van der Waals surface area (Å²) in [5, 5.41) is 0. The van der Waals surface area contributed by atoms with Crippen LogP contribution in [0.3, 0.4) is 0 Å². The minimum absolute atomic E-state index is 0.0163. The molecule has 0 bridgehead atoms. The summed E-state index contributed by atoms with van der Waals surface area (Å²) in [5.41, 5.74) is 2.27. The SMILES string of the molecule is CCN(C(=O)COC(=O)c1ccc(C)cc1C)[C@@H]1CCS(=O)(=O)C1. The Morgan fingerprint density at radius 3 is 2.54 bits per heavy atom. The first-order valence-corrected chi connectivity index (χ1v) is 9.80. The van der Waals surface area contributed by atoms with Gasteiger partial charge in [0, 0.05) is 12.6 Å². The summed E-state index contributed by atoms with van der Waals surface area (Å²) in [4.78, 5) is 25.9. The second kappa shape index (κ2) is 7.34. The second-order valence-corrected chi connectivity index (χ2v) is 8.36. The van der Waals surface area contributed by atoms with Gasteiger partial charge in [-0.3, -0.25) is 4.79 Å². The minimum atomic E-state index is -3.07. The van der Waals surface area contributed by atoms with E-state index >= 15 is 0 Å². The van der Waals surface area contributed by atoms with Gasteiger partial charge < -0.3 is 9.64 Å². The molecule has 0 aromatic heterocycles. The van der Waals surface area contributed by atoms with Crippen LogP contribution < -0.4 is 0 Å². The summed E-state index contributed by atoms with van der Waals surface area (Å²) in [7, 11) is -3.07. The van der Waals surface area contributed by atoms with E-state index in [9.17, 15) is 18.0 Å². The zero-order chi connectivity index (χ0) is 17.9. The van der Waals surface area contributed by atoms with Gasteiger partial charge in [0.05, 0.1) is 17.1 Å². The number of nitrogens with zero attached hydrogens (tertiary/aromatic N) is 1. The van der Waals surface area contributed by atoms with E-state index in [0.29, 0.717) is 18.5 Å². The van der Waals surface area contributed by atoms with E-state index in [1.165, 1.54) is 4.90 Å². The van der Waals surface area contributed by atoms with Crippen molar-refractivity contribution in [2.24, 2.45) is 0 Å². The van der Waals surface area contributed by atoms with Crippen LogP contribution in [0.15, 0.2) is 18.2 Å². The van der Waals surface area contributed by atoms with Gasteiger partial charge in [-0.25, -0.2) is 13.2 Å². The van der Waals surface area contributed by atoms with Crippen LogP contribution in [0.5, 0.6) is 0 Å². The zero-order valence-corrected chi connectivity index (χ0v) is 15.1. The lowest BCUT2D eigenvalue weighted by atomic mass is 10.1. The van der Waals surface area contributed by atoms with Gasteiger partial charge in [0.1, 0.15) is 0 Å². The van der Waals surface area contributed by atoms with Crippen molar-refractivity contribution in [3.8, 4) is 0 Å². The van der Waals surface area contributed by atoms with Gasteiger partial charge >= 0.3 is 5.97 Å². The van der Waals surface area contributed by atoms with Crippen LogP contribution in [0.1, 0.15) is 34.8 Å². The number of benzene rings is 1. The predicted octanol–water partition coefficient (Wildman–Crippen LogP) is 1.50. The average Bonchev–Trinajstić information content (AvgIpc) is 2.85. The van der Waals surface area contributed by atoms with Crippen LogP contribution in [-0.2, 0) is 19.4 Å². The molecule has 1 saturated heterocycles. The van der Waals surface area contributed by atoms with E-state index < -0.39 is 15.8 Å². The quantitative estimate of drug-likeness (QED) is 0.749. The van der Waals surface area contributed by atoms with Crippen LogP contribution in [0.2, 0.25) is 0 Å². The second-order valence-electron chi connectivity index (χ2n) is 6.13. The van der Waals surface area contributed by atoms with Gasteiger partial charge in [0.25, 0.3) is 5.91 Å². The first-order valence-electron chi connectivity index (χ1n) is 7.97. The van der Waals surface area contributed by atoms with Crippen LogP contribution in [-0.4, -0.2) is 55.9 Å². The highest BCUT2D eigenvalue weighted by Crippen LogP contribution is 2.18. The summed E-state index contributed by atoms with van der Waals surface area (Å²) in [6.07, 6.45) is 0.437. The molecule has 7 heteroatoms. The van der Waals surface area contributed by atoms with E-state index in [1.54, 1.807) is 13.0 Å². The van der Waals surface area contributed by atoms with Crippen molar-refractivity contribution in [2.75, 3.05) is 24.7 Å². The first kappa shape index (κ1) is 18.4. The molecule has 1 fully saturated rings. The van der Waals surface area contributed by atoms with Gasteiger partial charge in [0.2, 0.25) is 0 Å². The van der Waals surface area contributed by atoms with Crippen LogP contribution in [0.4, 0.5) is 0 Å². The Morgan fingerprint density at radius 2 is 2.00 bits per heavy atom. The highest BCUT2D eigenvalue weighted by molar-refractivity contribution is 7.91. The van der Waals surface area contributed by atoms with Crippen molar-refractivity contribution in [2.45, 2.75) is 33.2 Å². The summed E-state index contributed by atoms with van der Waals surface area (Å²) in [6, 6.07) is 5.04. The van der Waals surface area contributed by atoms with E-state index in [1.807, 2.05) is 26.0 Å². The number of rotatable bonds is 5. The number of hydrogen-bond acceptors (Lipinski definition) is 5. The predicted molar refractivity (Wildman–Crippen MR) is 90.6 cm³/mol. The lowest BCUT2D eigenvalue weighted by Crippen LogP contribution is -2.43. The Bertz CT molecular complexity index is 741. The molecule has 1 atom stereocenters. The summed E-state index contributed by atoms with van der Waals surface area (Å²) >= 11 is 0. The molecule has 1 aliphatic heterocycles. The molecule has 1 aromatic carbocycles. The summed E-state index contributed by atoms with van der Waals surface area (Å²) < 4.78 is 28.3. The fourth-order valence-electron chi connectivity index (χ4n) is 2.99. The minimum Gasteiger partial charge on any atom is -0.452 e. The maximum atomic E-state index is 12.3. The lowest BCUT2D eigenvalue weighted by Gasteiger charge is -2.26. The number of sulfone groups is 1. The van der Waals surface area contributed by atoms with E-state index in [2.05, 4.69) is 0 Å². The Morgan fingerprint density at radius 1 is 1.29 bits per heavy atom. The molecule has 0 N–H and O–H groups in total. The Hall–Kier alpha value is -1.89. The first-order chi connectivity index (χ1) is 11.2. The van der Waals surface area contributed by atoms with Crippen molar-refractivity contribution in [3.05, 3.63) is 34.9 Å². The smallest absolute Gasteiger partial charge is 0.338 e. The monoisotopic (exact) mass is 353 g/mol. The Kier molecular flexibility index (Phi) is 5.64. The van der Waals surface area contributed by atoms with Crippen molar-refractivity contribution >= 4 is 21.7 Å². The zero-order valence-electron chi connectivity index (χ0n) is 14.2. The molecule has 0 radical (unpaired) electrons. The number of carbonyl (C=O) groups excluding carboxylic acids is 2. The molecule has 0 saturated carbocycles. The van der Waals surface area contributed by atoms with Gasteiger partial charge in [-0.15, -0.1) is 0 Å². The lowest BCUT2D eigenvalue weighted by molar-refractivity contribution is -0.136. The third kappa shape index (κ3) is 4.35. The fraction of sp³-hybridized carbons (Fsp3) is 0.529. The third-order valence-corrected chi connectivity index (χ3v) is 5.99. The largest absolute Gasteiger partial charge is 0.452 e. The van der Waals surface area contributed by atoms with Crippen LogP contribution in [0.25, 0.3) is 0 Å². The number of ether oxygens (including phenoxy) is 1. The van der Waals surface area contributed by atoms with Gasteiger partial charge in [-0.1, -0.05) is 17.7 Å². The van der Waals surface area contributed by atoms with E-state index in [0.717, 1.165) is 11.1 Å². The highest BCUT2D eigenvalue weighted by Gasteiger charge is 2.34. The molecule has 1 aromatic rings. The number of likely N-dealkylation sites (N-methyl/N-ethyl adjacent to an activating group) is 1. The standard InChI is InChI=1S/C17H23NO5S/c1-4-18(14-7-8-24(21,22)11-14)16(19)10-23-17(20)15-6-5-12(2)9-13(15)3/h5-6,9,14H,4,7-8,10-11H2,1-3H3/t14-/m1/s1. The maximum Gasteiger partial charge on any atom is 0.338 e. The normalized spacial score (nSPS) is 19.0. The van der Waals surface area contributed by atoms with Gasteiger partial charge in [-0.05, 0) is 38.8 Å². The molecular formula is C17H23NO5S. The van der Waals surface area contributed by atoms with Gasteiger partial charge in [0.15, 0.2) is 16.4 Å². The molecule has 24 heavy (non-hydrogen) atoms. The summed E-state index contributed by atoms with van der Waals surface area (Å²) in [5.74, 6) is -0.824. The summed E-state index contributed by atoms with van der Waals surface area (Å²) in [6.45, 7) is 5.54. The third-order valence-electron chi connectivity index (χ3n) is 4.24. The number of aryl methyl sites for hydroxylation is 2. The Balaban J connectivity index is 1.97. The molecule has 0 unspecified atom stereocenters. The molecule has 1 heterocycles. The van der Waals surface area contributed by atoms with Crippen LogP contribution >= 0.6 is 0 Å². The number of esters is 1. The van der Waals surface area contributed by atoms with Crippen LogP contribution in [0, 0.1) is 13.8 Å². The molecule has 1 aliphatic rings. The van der Waals surface area contributed by atoms with Crippen molar-refractivity contribution in [1.29, 1.82) is 0 Å². The fourth-order valence-corrected chi connectivity index (χ4v) is 4.72. The number of amides is 1. The highest BCUT2D eigenvalue weighted by atomic mass is 32.2. The molecule has 0 aliphatic carbocycles. The average molecular weight is 353 g/mol. The molecule has 132 valence electrons. The van der Waals surface area contributed by atoms with Crippen molar-refractivity contribution in [3.63, 3.8) is 0 Å². The molecule has 1 amide bonds. The Labute approximate surface area is 142 Å². The van der Waals surface area contributed by atoms with Crippen molar-refractivity contribution < 1.29 is 22.7 Å². The molecule has 2 rings (SSSR count). The number of hydrogen-bond donors (Lipinski definition) is 0. The van der Waals surface area contributed by atoms with Crippen molar-refractivity contribution in [1.82, 2.24) is 4.90 Å². The van der Waals surface area contributed by atoms with Gasteiger partial charge in [-0.2, -0.15) is 0 Å². The number of carbonyl (C=O) groups is 2. The molecule has 0 spiro atoms. The topological polar surface area (TPSA) is 80.8 Å². The van der Waals surface area contributed by atoms with E-state index in [4.69, 9.17) is 4.74 Å². The molecule has 6 nitrogen and oxygen atoms in total. The van der Waals surface area contributed by atoms with E-state index in [-0.39, 0.29) is 30.1 Å². The molecular weight excluding hydrogens is 330 g/mol.